The molecule has 2 N–H and O–H groups in total. The van der Waals surface area contributed by atoms with E-state index < -0.39 is 10.0 Å². The first kappa shape index (κ1) is 18.7. The topological polar surface area (TPSA) is 69.6 Å². The molecular weight excluding hydrogens is 384 g/mol. The van der Waals surface area contributed by atoms with Crippen molar-refractivity contribution in [3.63, 3.8) is 0 Å². The van der Waals surface area contributed by atoms with E-state index in [9.17, 15) is 13.5 Å². The van der Waals surface area contributed by atoms with Crippen molar-refractivity contribution in [2.45, 2.75) is 36.2 Å². The zero-order valence-electron chi connectivity index (χ0n) is 16.1. The van der Waals surface area contributed by atoms with Gasteiger partial charge in [0.2, 0.25) is 10.0 Å². The molecule has 150 valence electrons. The first-order valence-electron chi connectivity index (χ1n) is 10.2. The number of fused-ring (bicyclic) bond motifs is 3. The number of nitrogens with zero attached hydrogens (tertiary/aromatic N) is 1. The van der Waals surface area contributed by atoms with Crippen LogP contribution >= 0.6 is 0 Å². The Kier molecular flexibility index (Phi) is 4.62. The van der Waals surface area contributed by atoms with Crippen LogP contribution in [0.5, 0.6) is 0 Å². The summed E-state index contributed by atoms with van der Waals surface area (Å²) >= 11 is 0. The van der Waals surface area contributed by atoms with E-state index in [2.05, 4.69) is 17.2 Å². The lowest BCUT2D eigenvalue weighted by Crippen LogP contribution is -2.42. The molecule has 2 heterocycles. The Morgan fingerprint density at radius 3 is 2.62 bits per heavy atom. The van der Waals surface area contributed by atoms with Gasteiger partial charge < -0.3 is 10.4 Å². The van der Waals surface area contributed by atoms with Gasteiger partial charge >= 0.3 is 0 Å². The van der Waals surface area contributed by atoms with Gasteiger partial charge in [-0.25, -0.2) is 8.42 Å². The summed E-state index contributed by atoms with van der Waals surface area (Å²) in [5.74, 6) is 7.07. The molecule has 2 aromatic rings. The molecule has 5 nitrogen and oxygen atoms in total. The Balaban J connectivity index is 1.58. The molecule has 3 atom stereocenters. The highest BCUT2D eigenvalue weighted by Crippen LogP contribution is 2.48. The van der Waals surface area contributed by atoms with E-state index in [1.165, 1.54) is 12.8 Å². The molecule has 0 spiro atoms. The zero-order valence-corrected chi connectivity index (χ0v) is 16.9. The van der Waals surface area contributed by atoms with Gasteiger partial charge in [0.25, 0.3) is 0 Å². The average Bonchev–Trinajstić information content (AvgIpc) is 3.47. The average molecular weight is 409 g/mol. The standard InChI is InChI=1S/C23H24N2O3S/c26-15-22-19-12-13-25(29(27,28)18-4-2-1-3-5-18)23(19)20-14-17(9-8-16-6-7-16)10-11-21(20)24-22/h1-5,10-11,14,16,19,22-24,26H,6-7,12-13,15H2/t19-,22+,23-/m1/s1. The van der Waals surface area contributed by atoms with Gasteiger partial charge in [-0.1, -0.05) is 30.0 Å². The molecule has 2 fully saturated rings. The van der Waals surface area contributed by atoms with E-state index in [0.29, 0.717) is 23.8 Å². The van der Waals surface area contributed by atoms with Crippen molar-refractivity contribution < 1.29 is 13.5 Å². The number of anilines is 1. The molecule has 1 saturated carbocycles. The van der Waals surface area contributed by atoms with Crippen LogP contribution in [-0.4, -0.2) is 37.0 Å². The quantitative estimate of drug-likeness (QED) is 0.766. The molecule has 2 aliphatic heterocycles. The van der Waals surface area contributed by atoms with Crippen molar-refractivity contribution in [1.82, 2.24) is 4.31 Å². The molecule has 5 rings (SSSR count). The second-order valence-corrected chi connectivity index (χ2v) is 10.00. The minimum Gasteiger partial charge on any atom is -0.394 e. The maximum atomic E-state index is 13.4. The monoisotopic (exact) mass is 408 g/mol. The molecule has 0 aromatic heterocycles. The van der Waals surface area contributed by atoms with Crippen molar-refractivity contribution in [3.8, 4) is 11.8 Å². The maximum Gasteiger partial charge on any atom is 0.243 e. The third kappa shape index (κ3) is 3.33. The predicted octanol–water partition coefficient (Wildman–Crippen LogP) is 2.99. The number of nitrogens with one attached hydrogen (secondary N) is 1. The van der Waals surface area contributed by atoms with E-state index in [0.717, 1.165) is 16.8 Å². The van der Waals surface area contributed by atoms with Gasteiger partial charge in [0.15, 0.2) is 0 Å². The highest BCUT2D eigenvalue weighted by Gasteiger charge is 2.48. The Labute approximate surface area is 171 Å². The lowest BCUT2D eigenvalue weighted by molar-refractivity contribution is 0.210. The molecule has 1 saturated heterocycles. The van der Waals surface area contributed by atoms with Crippen molar-refractivity contribution >= 4 is 15.7 Å². The summed E-state index contributed by atoms with van der Waals surface area (Å²) in [5, 5.41) is 13.3. The molecular formula is C23H24N2O3S. The van der Waals surface area contributed by atoms with Crippen LogP contribution < -0.4 is 5.32 Å². The normalized spacial score (nSPS) is 26.0. The largest absolute Gasteiger partial charge is 0.394 e. The van der Waals surface area contributed by atoms with Gasteiger partial charge in [-0.05, 0) is 55.2 Å². The van der Waals surface area contributed by atoms with E-state index in [4.69, 9.17) is 0 Å². The summed E-state index contributed by atoms with van der Waals surface area (Å²) in [6.07, 6.45) is 3.06. The Hall–Kier alpha value is -2.33. The minimum absolute atomic E-state index is 0.0247. The fourth-order valence-electron chi connectivity index (χ4n) is 4.51. The third-order valence-corrected chi connectivity index (χ3v) is 8.07. The van der Waals surface area contributed by atoms with E-state index in [-0.39, 0.29) is 24.6 Å². The Morgan fingerprint density at radius 2 is 1.90 bits per heavy atom. The van der Waals surface area contributed by atoms with Crippen LogP contribution in [0, 0.1) is 23.7 Å². The summed E-state index contributed by atoms with van der Waals surface area (Å²) in [4.78, 5) is 0.311. The zero-order chi connectivity index (χ0) is 20.0. The van der Waals surface area contributed by atoms with Gasteiger partial charge in [0.05, 0.1) is 23.6 Å². The fourth-order valence-corrected chi connectivity index (χ4v) is 6.20. The molecule has 1 aliphatic carbocycles. The lowest BCUT2D eigenvalue weighted by Gasteiger charge is -2.38. The molecule has 6 heteroatoms. The highest BCUT2D eigenvalue weighted by molar-refractivity contribution is 7.89. The summed E-state index contributed by atoms with van der Waals surface area (Å²) in [6, 6.07) is 14.1. The van der Waals surface area contributed by atoms with Crippen molar-refractivity contribution in [2.24, 2.45) is 11.8 Å². The predicted molar refractivity (Wildman–Crippen MR) is 112 cm³/mol. The summed E-state index contributed by atoms with van der Waals surface area (Å²) < 4.78 is 28.5. The van der Waals surface area contributed by atoms with Crippen LogP contribution in [0.25, 0.3) is 0 Å². The third-order valence-electron chi connectivity index (χ3n) is 6.17. The molecule has 29 heavy (non-hydrogen) atoms. The SMILES string of the molecule is O=S(=O)(c1ccccc1)N1CC[C@@H]2[C@H](CO)Nc3ccc(C#CC4CC4)cc3[C@@H]21. The smallest absolute Gasteiger partial charge is 0.243 e. The highest BCUT2D eigenvalue weighted by atomic mass is 32.2. The number of hydrogen-bond acceptors (Lipinski definition) is 4. The van der Waals surface area contributed by atoms with Crippen molar-refractivity contribution in [2.75, 3.05) is 18.5 Å². The van der Waals surface area contributed by atoms with Crippen molar-refractivity contribution in [1.29, 1.82) is 0 Å². The van der Waals surface area contributed by atoms with E-state index in [1.54, 1.807) is 28.6 Å². The number of aliphatic hydroxyl groups is 1. The molecule has 2 aromatic carbocycles. The van der Waals surface area contributed by atoms with Crippen molar-refractivity contribution in [3.05, 3.63) is 59.7 Å². The Morgan fingerprint density at radius 1 is 1.10 bits per heavy atom. The number of benzene rings is 2. The van der Waals surface area contributed by atoms with Crippen LogP contribution in [0.15, 0.2) is 53.4 Å². The second-order valence-electron chi connectivity index (χ2n) is 8.11. The van der Waals surface area contributed by atoms with Crippen LogP contribution in [0.1, 0.15) is 36.4 Å². The molecule has 0 amide bonds. The van der Waals surface area contributed by atoms with Gasteiger partial charge in [-0.3, -0.25) is 0 Å². The molecule has 0 bridgehead atoms. The first-order chi connectivity index (χ1) is 14.1. The number of sulfonamides is 1. The van der Waals surface area contributed by atoms with Crippen LogP contribution in [0.4, 0.5) is 5.69 Å². The summed E-state index contributed by atoms with van der Waals surface area (Å²) in [5.41, 5.74) is 2.76. The molecule has 0 radical (unpaired) electrons. The van der Waals surface area contributed by atoms with Crippen LogP contribution in [0.2, 0.25) is 0 Å². The van der Waals surface area contributed by atoms with Gasteiger partial charge in [-0.2, -0.15) is 4.31 Å². The molecule has 0 unspecified atom stereocenters. The minimum atomic E-state index is -3.62. The van der Waals surface area contributed by atoms with E-state index in [1.807, 2.05) is 24.3 Å². The van der Waals surface area contributed by atoms with Gasteiger partial charge in [0, 0.05) is 29.6 Å². The summed E-state index contributed by atoms with van der Waals surface area (Å²) in [6.45, 7) is 0.422. The van der Waals surface area contributed by atoms with E-state index >= 15 is 0 Å². The number of rotatable bonds is 3. The van der Waals surface area contributed by atoms with Gasteiger partial charge in [0.1, 0.15) is 0 Å². The first-order valence-corrected chi connectivity index (χ1v) is 11.6. The number of aliphatic hydroxyl groups excluding tert-OH is 1. The number of hydrogen-bond donors (Lipinski definition) is 2. The van der Waals surface area contributed by atoms with Crippen LogP contribution in [-0.2, 0) is 10.0 Å². The summed E-state index contributed by atoms with van der Waals surface area (Å²) in [7, 11) is -3.62. The Bertz CT molecular complexity index is 1080. The van der Waals surface area contributed by atoms with Crippen LogP contribution in [0.3, 0.4) is 0 Å². The molecule has 3 aliphatic rings. The lowest BCUT2D eigenvalue weighted by atomic mass is 9.83. The fraction of sp³-hybridized carbons (Fsp3) is 0.391. The second kappa shape index (κ2) is 7.17. The van der Waals surface area contributed by atoms with Gasteiger partial charge in [-0.15, -0.1) is 0 Å². The maximum absolute atomic E-state index is 13.4.